The Bertz CT molecular complexity index is 1080. The number of para-hydroxylation sites is 1. The van der Waals surface area contributed by atoms with Gasteiger partial charge in [0, 0.05) is 6.54 Å². The Morgan fingerprint density at radius 2 is 1.83 bits per heavy atom. The van der Waals surface area contributed by atoms with Crippen molar-refractivity contribution in [1.82, 2.24) is 19.6 Å². The number of methoxy groups -OCH3 is 1. The molecule has 0 aliphatic carbocycles. The Morgan fingerprint density at radius 1 is 1.13 bits per heavy atom. The zero-order valence-electron chi connectivity index (χ0n) is 17.8. The molecule has 2 heterocycles. The molecular weight excluding hydrogens is 384 g/mol. The standard InChI is InChI=1S/C21H26N6O3/c1-6-26-18(17(22)14(4)24-26)20(29-5)23-19-16(21(28)30-7-2)13(3)25-27(19)15-11-9-8-10-12-15/h8-12H,6-7,22H2,1-5H3/b23-20+. The van der Waals surface area contributed by atoms with E-state index in [1.54, 1.807) is 23.2 Å². The minimum Gasteiger partial charge on any atom is -0.479 e. The molecule has 0 saturated heterocycles. The molecule has 0 bridgehead atoms. The number of ether oxygens (including phenoxy) is 2. The fraction of sp³-hybridized carbons (Fsp3) is 0.333. The van der Waals surface area contributed by atoms with Crippen LogP contribution in [0.5, 0.6) is 0 Å². The summed E-state index contributed by atoms with van der Waals surface area (Å²) in [6.45, 7) is 8.08. The van der Waals surface area contributed by atoms with Crippen molar-refractivity contribution in [3.8, 4) is 5.69 Å². The van der Waals surface area contributed by atoms with E-state index in [9.17, 15) is 4.79 Å². The highest BCUT2D eigenvalue weighted by atomic mass is 16.5. The zero-order chi connectivity index (χ0) is 21.8. The van der Waals surface area contributed by atoms with E-state index in [0.717, 1.165) is 5.69 Å². The Labute approximate surface area is 175 Å². The molecule has 9 heteroatoms. The highest BCUT2D eigenvalue weighted by Gasteiger charge is 2.26. The van der Waals surface area contributed by atoms with Crippen molar-refractivity contribution >= 4 is 23.4 Å². The van der Waals surface area contributed by atoms with E-state index in [4.69, 9.17) is 15.2 Å². The van der Waals surface area contributed by atoms with Crippen LogP contribution in [0.2, 0.25) is 0 Å². The number of benzene rings is 1. The maximum Gasteiger partial charge on any atom is 0.343 e. The fourth-order valence-corrected chi connectivity index (χ4v) is 3.15. The summed E-state index contributed by atoms with van der Waals surface area (Å²) in [6, 6.07) is 9.42. The summed E-state index contributed by atoms with van der Waals surface area (Å²) in [7, 11) is 1.50. The van der Waals surface area contributed by atoms with Gasteiger partial charge in [0.25, 0.3) is 0 Å². The average Bonchev–Trinajstić information content (AvgIpc) is 3.22. The van der Waals surface area contributed by atoms with E-state index >= 15 is 0 Å². The monoisotopic (exact) mass is 410 g/mol. The van der Waals surface area contributed by atoms with E-state index in [0.29, 0.717) is 35.1 Å². The van der Waals surface area contributed by atoms with E-state index < -0.39 is 5.97 Å². The van der Waals surface area contributed by atoms with Crippen LogP contribution in [0.15, 0.2) is 35.3 Å². The molecule has 2 N–H and O–H groups in total. The summed E-state index contributed by atoms with van der Waals surface area (Å²) in [5, 5.41) is 8.96. The first-order valence-electron chi connectivity index (χ1n) is 9.70. The Balaban J connectivity index is 2.28. The number of anilines is 1. The van der Waals surface area contributed by atoms with Crippen LogP contribution in [0.4, 0.5) is 11.5 Å². The number of nitrogens with zero attached hydrogens (tertiary/aromatic N) is 5. The molecule has 0 aliphatic rings. The van der Waals surface area contributed by atoms with E-state index in [1.807, 2.05) is 44.2 Å². The average molecular weight is 410 g/mol. The van der Waals surface area contributed by atoms with Gasteiger partial charge in [-0.2, -0.15) is 15.2 Å². The van der Waals surface area contributed by atoms with Crippen molar-refractivity contribution in [3.63, 3.8) is 0 Å². The molecule has 0 spiro atoms. The second kappa shape index (κ2) is 8.81. The largest absolute Gasteiger partial charge is 0.479 e. The van der Waals surface area contributed by atoms with Crippen LogP contribution in [0.25, 0.3) is 5.69 Å². The van der Waals surface area contributed by atoms with Crippen LogP contribution in [0.1, 0.15) is 41.3 Å². The van der Waals surface area contributed by atoms with Crippen LogP contribution in [0, 0.1) is 13.8 Å². The number of rotatable bonds is 6. The van der Waals surface area contributed by atoms with E-state index in [2.05, 4.69) is 15.2 Å². The van der Waals surface area contributed by atoms with Crippen LogP contribution in [-0.2, 0) is 16.0 Å². The van der Waals surface area contributed by atoms with Gasteiger partial charge in [-0.05, 0) is 39.8 Å². The molecule has 0 aliphatic heterocycles. The number of carbonyl (C=O) groups excluding carboxylic acids is 1. The van der Waals surface area contributed by atoms with Gasteiger partial charge >= 0.3 is 5.97 Å². The van der Waals surface area contributed by atoms with Crippen molar-refractivity contribution in [1.29, 1.82) is 0 Å². The molecule has 9 nitrogen and oxygen atoms in total. The summed E-state index contributed by atoms with van der Waals surface area (Å²) in [5.74, 6) is 0.0343. The molecule has 3 rings (SSSR count). The number of aliphatic imine (C=N–C) groups is 1. The molecular formula is C21H26N6O3. The van der Waals surface area contributed by atoms with Crippen molar-refractivity contribution < 1.29 is 14.3 Å². The van der Waals surface area contributed by atoms with Gasteiger partial charge in [0.05, 0.1) is 36.5 Å². The summed E-state index contributed by atoms with van der Waals surface area (Å²) in [5.41, 5.74) is 9.46. The Hall–Kier alpha value is -3.62. The number of carbonyl (C=O) groups is 1. The second-order valence-electron chi connectivity index (χ2n) is 6.54. The van der Waals surface area contributed by atoms with Crippen molar-refractivity contribution in [2.75, 3.05) is 19.5 Å². The van der Waals surface area contributed by atoms with Crippen molar-refractivity contribution in [3.05, 3.63) is 53.0 Å². The molecule has 158 valence electrons. The topological polar surface area (TPSA) is 110 Å². The van der Waals surface area contributed by atoms with Crippen molar-refractivity contribution in [2.24, 2.45) is 4.99 Å². The Morgan fingerprint density at radius 3 is 2.43 bits per heavy atom. The maximum absolute atomic E-state index is 12.7. The number of nitrogens with two attached hydrogens (primary N) is 1. The molecule has 0 unspecified atom stereocenters. The molecule has 0 amide bonds. The maximum atomic E-state index is 12.7. The number of hydrogen-bond acceptors (Lipinski definition) is 7. The third-order valence-corrected chi connectivity index (χ3v) is 4.59. The van der Waals surface area contributed by atoms with Crippen LogP contribution in [0.3, 0.4) is 0 Å². The molecule has 1 aromatic carbocycles. The smallest absolute Gasteiger partial charge is 0.343 e. The molecule has 0 atom stereocenters. The van der Waals surface area contributed by atoms with Gasteiger partial charge in [-0.25, -0.2) is 9.48 Å². The predicted octanol–water partition coefficient (Wildman–Crippen LogP) is 3.19. The SMILES string of the molecule is CCOC(=O)c1c(C)nn(-c2ccccc2)c1/N=C(/OC)c1c(N)c(C)nn1CC. The fourth-order valence-electron chi connectivity index (χ4n) is 3.15. The van der Waals surface area contributed by atoms with E-state index in [1.165, 1.54) is 7.11 Å². The van der Waals surface area contributed by atoms with Gasteiger partial charge in [-0.15, -0.1) is 0 Å². The number of hydrogen-bond donors (Lipinski definition) is 1. The number of aromatic nitrogens is 4. The normalized spacial score (nSPS) is 11.6. The molecule has 30 heavy (non-hydrogen) atoms. The number of esters is 1. The summed E-state index contributed by atoms with van der Waals surface area (Å²) in [6.07, 6.45) is 0. The molecule has 0 saturated carbocycles. The van der Waals surface area contributed by atoms with Gasteiger partial charge in [0.2, 0.25) is 5.90 Å². The first-order valence-corrected chi connectivity index (χ1v) is 9.70. The van der Waals surface area contributed by atoms with E-state index in [-0.39, 0.29) is 18.1 Å². The molecule has 2 aromatic heterocycles. The highest BCUT2D eigenvalue weighted by Crippen LogP contribution is 2.29. The summed E-state index contributed by atoms with van der Waals surface area (Å²) >= 11 is 0. The summed E-state index contributed by atoms with van der Waals surface area (Å²) < 4.78 is 14.1. The van der Waals surface area contributed by atoms with Gasteiger partial charge in [-0.1, -0.05) is 18.2 Å². The third-order valence-electron chi connectivity index (χ3n) is 4.59. The predicted molar refractivity (Wildman–Crippen MR) is 115 cm³/mol. The highest BCUT2D eigenvalue weighted by molar-refractivity contribution is 6.02. The lowest BCUT2D eigenvalue weighted by Gasteiger charge is -2.10. The lowest BCUT2D eigenvalue weighted by atomic mass is 10.2. The number of aryl methyl sites for hydroxylation is 3. The third kappa shape index (κ3) is 3.78. The molecule has 0 radical (unpaired) electrons. The van der Waals surface area contributed by atoms with Crippen molar-refractivity contribution in [2.45, 2.75) is 34.2 Å². The Kier molecular flexibility index (Phi) is 6.20. The van der Waals surface area contributed by atoms with Gasteiger partial charge in [0.15, 0.2) is 5.82 Å². The van der Waals surface area contributed by atoms with Crippen LogP contribution in [-0.4, -0.2) is 45.1 Å². The van der Waals surface area contributed by atoms with Gasteiger partial charge in [0.1, 0.15) is 11.3 Å². The first-order chi connectivity index (χ1) is 14.4. The minimum atomic E-state index is -0.500. The molecule has 3 aromatic rings. The molecule has 0 fully saturated rings. The van der Waals surface area contributed by atoms with Gasteiger partial charge in [-0.3, -0.25) is 4.68 Å². The second-order valence-corrected chi connectivity index (χ2v) is 6.54. The lowest BCUT2D eigenvalue weighted by molar-refractivity contribution is 0.0526. The number of nitrogen functional groups attached to an aromatic ring is 1. The lowest BCUT2D eigenvalue weighted by Crippen LogP contribution is -2.14. The first kappa shape index (κ1) is 21.1. The minimum absolute atomic E-state index is 0.234. The van der Waals surface area contributed by atoms with Crippen LogP contribution < -0.4 is 5.73 Å². The summed E-state index contributed by atoms with van der Waals surface area (Å²) in [4.78, 5) is 17.4. The van der Waals surface area contributed by atoms with Gasteiger partial charge < -0.3 is 15.2 Å². The zero-order valence-corrected chi connectivity index (χ0v) is 17.8. The quantitative estimate of drug-likeness (QED) is 0.380. The van der Waals surface area contributed by atoms with Crippen LogP contribution >= 0.6 is 0 Å².